The van der Waals surface area contributed by atoms with Crippen LogP contribution in [0.15, 0.2) is 59.1 Å². The van der Waals surface area contributed by atoms with Gasteiger partial charge in [0.15, 0.2) is 0 Å². The van der Waals surface area contributed by atoms with Gasteiger partial charge < -0.3 is 14.2 Å². The average Bonchev–Trinajstić information content (AvgIpc) is 3.14. The van der Waals surface area contributed by atoms with Gasteiger partial charge in [0.2, 0.25) is 0 Å². The second-order valence-electron chi connectivity index (χ2n) is 7.63. The molecule has 2 heterocycles. The number of benzene rings is 2. The molecule has 4 rings (SSSR count). The summed E-state index contributed by atoms with van der Waals surface area (Å²) in [5.41, 5.74) is 2.31. The molecule has 0 spiro atoms. The van der Waals surface area contributed by atoms with Gasteiger partial charge in [-0.15, -0.1) is 11.3 Å². The molecule has 0 aliphatic carbocycles. The molecule has 0 fully saturated rings. The van der Waals surface area contributed by atoms with E-state index in [1.807, 2.05) is 74.9 Å². The van der Waals surface area contributed by atoms with Crippen molar-refractivity contribution < 1.29 is 19.0 Å². The fourth-order valence-corrected chi connectivity index (χ4v) is 4.31. The summed E-state index contributed by atoms with van der Waals surface area (Å²) in [5.74, 6) is 2.11. The predicted octanol–water partition coefficient (Wildman–Crippen LogP) is 6.24. The zero-order valence-corrected chi connectivity index (χ0v) is 18.6. The smallest absolute Gasteiger partial charge is 0.420 e. The number of hydrogen-bond acceptors (Lipinski definition) is 7. The van der Waals surface area contributed by atoms with Crippen molar-refractivity contribution >= 4 is 29.4 Å². The fourth-order valence-electron chi connectivity index (χ4n) is 2.79. The average molecular weight is 443 g/mol. The zero-order chi connectivity index (χ0) is 21.1. The van der Waals surface area contributed by atoms with Crippen LogP contribution in [0, 0.1) is 0 Å². The summed E-state index contributed by atoms with van der Waals surface area (Å²) in [4.78, 5) is 18.5. The van der Waals surface area contributed by atoms with Crippen molar-refractivity contribution in [1.29, 1.82) is 0 Å². The third-order valence-electron chi connectivity index (χ3n) is 4.06. The lowest BCUT2D eigenvalue weighted by molar-refractivity contribution is 0.0394. The van der Waals surface area contributed by atoms with Crippen LogP contribution in [0.1, 0.15) is 20.8 Å². The maximum Gasteiger partial charge on any atom is 0.420 e. The summed E-state index contributed by atoms with van der Waals surface area (Å²) in [6, 6.07) is 13.5. The molecule has 1 aliphatic heterocycles. The lowest BCUT2D eigenvalue weighted by Crippen LogP contribution is -2.34. The van der Waals surface area contributed by atoms with Crippen molar-refractivity contribution in [2.75, 3.05) is 13.2 Å². The minimum absolute atomic E-state index is 0.382. The summed E-state index contributed by atoms with van der Waals surface area (Å²) in [6.45, 7) is 6.39. The van der Waals surface area contributed by atoms with E-state index < -0.39 is 5.60 Å². The normalized spacial score (nSPS) is 13.8. The number of ether oxygens (including phenoxy) is 3. The summed E-state index contributed by atoms with van der Waals surface area (Å²) < 4.78 is 19.0. The summed E-state index contributed by atoms with van der Waals surface area (Å²) in [5, 5.41) is 0. The van der Waals surface area contributed by atoms with Gasteiger partial charge >= 0.3 is 6.09 Å². The second-order valence-corrected chi connectivity index (χ2v) is 9.58. The van der Waals surface area contributed by atoms with Crippen molar-refractivity contribution in [3.05, 3.63) is 54.2 Å². The first kappa shape index (κ1) is 20.6. The van der Waals surface area contributed by atoms with Gasteiger partial charge in [-0.3, -0.25) is 4.98 Å². The summed E-state index contributed by atoms with van der Waals surface area (Å²) >= 11 is 2.88. The van der Waals surface area contributed by atoms with Crippen molar-refractivity contribution in [2.45, 2.75) is 31.3 Å². The van der Waals surface area contributed by atoms with Gasteiger partial charge in [-0.2, -0.15) is 0 Å². The van der Waals surface area contributed by atoms with Gasteiger partial charge in [-0.05, 0) is 68.6 Å². The standard InChI is InChI=1S/C22H22N2O4S2/c1-22(2,3)28-21(25)24-9-10-26-18-8-7-17(12-19(18)30-24)27-16-6-4-5-15(11-16)20-13-23-14-29-20/h4-8,11-14H,9-10H2,1-3H3. The van der Waals surface area contributed by atoms with Crippen LogP contribution in [0.3, 0.4) is 0 Å². The zero-order valence-electron chi connectivity index (χ0n) is 17.0. The molecule has 0 unspecified atom stereocenters. The lowest BCUT2D eigenvalue weighted by atomic mass is 10.2. The van der Waals surface area contributed by atoms with Crippen LogP contribution in [-0.2, 0) is 4.74 Å². The molecule has 1 amide bonds. The maximum atomic E-state index is 12.5. The molecule has 6 nitrogen and oxygen atoms in total. The van der Waals surface area contributed by atoms with Crippen molar-refractivity contribution in [1.82, 2.24) is 9.29 Å². The van der Waals surface area contributed by atoms with E-state index in [2.05, 4.69) is 4.98 Å². The molecule has 8 heteroatoms. The highest BCUT2D eigenvalue weighted by Gasteiger charge is 2.26. The van der Waals surface area contributed by atoms with Crippen molar-refractivity contribution in [3.63, 3.8) is 0 Å². The van der Waals surface area contributed by atoms with E-state index in [-0.39, 0.29) is 6.09 Å². The summed E-state index contributed by atoms with van der Waals surface area (Å²) in [7, 11) is 0. The molecule has 0 saturated carbocycles. The SMILES string of the molecule is CC(C)(C)OC(=O)N1CCOc2ccc(Oc3cccc(-c4cncs4)c3)cc2S1. The number of rotatable bonds is 3. The minimum Gasteiger partial charge on any atom is -0.490 e. The maximum absolute atomic E-state index is 12.5. The van der Waals surface area contributed by atoms with Crippen molar-refractivity contribution in [2.24, 2.45) is 0 Å². The third-order valence-corrected chi connectivity index (χ3v) is 5.95. The molecule has 0 saturated heterocycles. The molecule has 0 N–H and O–H groups in total. The quantitative estimate of drug-likeness (QED) is 0.448. The number of hydrogen-bond donors (Lipinski definition) is 0. The Labute approximate surface area is 183 Å². The number of amides is 1. The van der Waals surface area contributed by atoms with Gasteiger partial charge in [-0.25, -0.2) is 9.10 Å². The summed E-state index contributed by atoms with van der Waals surface area (Å²) in [6.07, 6.45) is 1.46. The topological polar surface area (TPSA) is 60.9 Å². The molecule has 1 aromatic heterocycles. The van der Waals surface area contributed by atoms with Crippen LogP contribution in [0.5, 0.6) is 17.2 Å². The first-order valence-electron chi connectivity index (χ1n) is 9.49. The lowest BCUT2D eigenvalue weighted by Gasteiger charge is -2.25. The van der Waals surface area contributed by atoms with Gasteiger partial charge in [0.25, 0.3) is 0 Å². The Kier molecular flexibility index (Phi) is 5.87. The molecular formula is C22H22N2O4S2. The fraction of sp³-hybridized carbons (Fsp3) is 0.273. The predicted molar refractivity (Wildman–Crippen MR) is 118 cm³/mol. The second kappa shape index (κ2) is 8.57. The van der Waals surface area contributed by atoms with Crippen molar-refractivity contribution in [3.8, 4) is 27.7 Å². The highest BCUT2D eigenvalue weighted by molar-refractivity contribution is 7.97. The number of nitrogens with zero attached hydrogens (tertiary/aromatic N) is 2. The minimum atomic E-state index is -0.554. The van der Waals surface area contributed by atoms with Gasteiger partial charge in [0.05, 0.1) is 21.8 Å². The Balaban J connectivity index is 1.52. The van der Waals surface area contributed by atoms with Crippen LogP contribution in [0.2, 0.25) is 0 Å². The highest BCUT2D eigenvalue weighted by Crippen LogP contribution is 2.39. The third kappa shape index (κ3) is 5.06. The van der Waals surface area contributed by atoms with E-state index in [9.17, 15) is 4.79 Å². The number of carbonyl (C=O) groups is 1. The first-order valence-corrected chi connectivity index (χ1v) is 11.1. The van der Waals surface area contributed by atoms with E-state index in [0.29, 0.717) is 18.9 Å². The molecule has 1 aliphatic rings. The highest BCUT2D eigenvalue weighted by atomic mass is 32.2. The molecule has 0 atom stereocenters. The van der Waals surface area contributed by atoms with Crippen LogP contribution < -0.4 is 9.47 Å². The van der Waals surface area contributed by atoms with Crippen LogP contribution in [0.25, 0.3) is 10.4 Å². The molecule has 156 valence electrons. The molecule has 3 aromatic rings. The molecule has 0 radical (unpaired) electrons. The van der Waals surface area contributed by atoms with E-state index >= 15 is 0 Å². The molecule has 30 heavy (non-hydrogen) atoms. The largest absolute Gasteiger partial charge is 0.490 e. The van der Waals surface area contributed by atoms with E-state index in [4.69, 9.17) is 14.2 Å². The monoisotopic (exact) mass is 442 g/mol. The van der Waals surface area contributed by atoms with Crippen LogP contribution in [0.4, 0.5) is 4.79 Å². The number of aromatic nitrogens is 1. The van der Waals surface area contributed by atoms with Crippen LogP contribution >= 0.6 is 23.3 Å². The molecule has 0 bridgehead atoms. The Bertz CT molecular complexity index is 1030. The Morgan fingerprint density at radius 2 is 2.00 bits per heavy atom. The van der Waals surface area contributed by atoms with Gasteiger partial charge in [-0.1, -0.05) is 12.1 Å². The molecular weight excluding hydrogens is 420 g/mol. The van der Waals surface area contributed by atoms with E-state index in [0.717, 1.165) is 26.8 Å². The van der Waals surface area contributed by atoms with Gasteiger partial charge in [0.1, 0.15) is 29.5 Å². The Morgan fingerprint density at radius 3 is 2.77 bits per heavy atom. The first-order chi connectivity index (χ1) is 14.4. The van der Waals surface area contributed by atoms with Gasteiger partial charge in [0, 0.05) is 6.20 Å². The van der Waals surface area contributed by atoms with E-state index in [1.54, 1.807) is 15.6 Å². The molecule has 2 aromatic carbocycles. The number of carbonyl (C=O) groups excluding carboxylic acids is 1. The Hall–Kier alpha value is -2.71. The van der Waals surface area contributed by atoms with Crippen LogP contribution in [-0.4, -0.2) is 34.1 Å². The number of thiazole rings is 1. The van der Waals surface area contributed by atoms with E-state index in [1.165, 1.54) is 11.9 Å². The number of fused-ring (bicyclic) bond motifs is 1. The Morgan fingerprint density at radius 1 is 1.17 bits per heavy atom.